The number of aromatic nitrogens is 1. The van der Waals surface area contributed by atoms with Crippen LogP contribution in [0, 0.1) is 17.0 Å². The average molecular weight is 277 g/mol. The van der Waals surface area contributed by atoms with Crippen LogP contribution >= 0.6 is 11.3 Å². The number of anilines is 1. The highest BCUT2D eigenvalue weighted by molar-refractivity contribution is 7.14. The third-order valence-electron chi connectivity index (χ3n) is 2.50. The van der Waals surface area contributed by atoms with E-state index in [-0.39, 0.29) is 17.2 Å². The summed E-state index contributed by atoms with van der Waals surface area (Å²) in [6.45, 7) is 1.84. The van der Waals surface area contributed by atoms with Gasteiger partial charge in [-0.25, -0.2) is 4.98 Å². The largest absolute Gasteiger partial charge is 0.287 e. The average Bonchev–Trinajstić information content (AvgIpc) is 2.84. The van der Waals surface area contributed by atoms with Gasteiger partial charge in [0, 0.05) is 30.1 Å². The lowest BCUT2D eigenvalue weighted by molar-refractivity contribution is -0.384. The molecule has 6 nitrogen and oxygen atoms in total. The minimum absolute atomic E-state index is 0.102. The van der Waals surface area contributed by atoms with Crippen LogP contribution in [-0.4, -0.2) is 22.9 Å². The Morgan fingerprint density at radius 1 is 1.47 bits per heavy atom. The van der Waals surface area contributed by atoms with Gasteiger partial charge in [0.1, 0.15) is 0 Å². The summed E-state index contributed by atoms with van der Waals surface area (Å²) >= 11 is 1.35. The van der Waals surface area contributed by atoms with Crippen LogP contribution in [0.2, 0.25) is 0 Å². The molecule has 1 amide bonds. The van der Waals surface area contributed by atoms with Gasteiger partial charge in [-0.15, -0.1) is 11.3 Å². The number of non-ortho nitro benzene ring substituents is 1. The number of carbonyl (C=O) groups excluding carboxylic acids is 1. The molecule has 19 heavy (non-hydrogen) atoms. The summed E-state index contributed by atoms with van der Waals surface area (Å²) in [5.74, 6) is -0.321. The number of nitrogens with zero attached hydrogens (tertiary/aromatic N) is 3. The standard InChI is InChI=1S/C12H11N3O3S/c1-8-7-19-12(13-8)14(2)11(16)9-4-3-5-10(6-9)15(17)18/h3-7H,1-2H3. The first-order chi connectivity index (χ1) is 8.99. The van der Waals surface area contributed by atoms with Gasteiger partial charge in [-0.2, -0.15) is 0 Å². The fraction of sp³-hybridized carbons (Fsp3) is 0.167. The van der Waals surface area contributed by atoms with Crippen LogP contribution in [0.15, 0.2) is 29.6 Å². The van der Waals surface area contributed by atoms with Crippen molar-refractivity contribution in [1.29, 1.82) is 0 Å². The lowest BCUT2D eigenvalue weighted by Crippen LogP contribution is -2.26. The van der Waals surface area contributed by atoms with Crippen molar-refractivity contribution >= 4 is 28.1 Å². The molecule has 1 aromatic carbocycles. The molecule has 0 atom stereocenters. The number of nitro benzene ring substituents is 1. The van der Waals surface area contributed by atoms with E-state index < -0.39 is 4.92 Å². The van der Waals surface area contributed by atoms with Crippen molar-refractivity contribution in [3.63, 3.8) is 0 Å². The fourth-order valence-electron chi connectivity index (χ4n) is 1.53. The zero-order valence-corrected chi connectivity index (χ0v) is 11.2. The topological polar surface area (TPSA) is 76.3 Å². The number of nitro groups is 1. The van der Waals surface area contributed by atoms with Crippen molar-refractivity contribution in [2.45, 2.75) is 6.92 Å². The zero-order valence-electron chi connectivity index (χ0n) is 10.4. The van der Waals surface area contributed by atoms with Gasteiger partial charge in [0.25, 0.3) is 11.6 Å². The highest BCUT2D eigenvalue weighted by atomic mass is 32.1. The number of carbonyl (C=O) groups is 1. The number of benzene rings is 1. The van der Waals surface area contributed by atoms with Gasteiger partial charge in [-0.3, -0.25) is 19.8 Å². The number of thiazole rings is 1. The van der Waals surface area contributed by atoms with E-state index in [2.05, 4.69) is 4.98 Å². The second kappa shape index (κ2) is 5.15. The molecule has 2 rings (SSSR count). The summed E-state index contributed by atoms with van der Waals surface area (Å²) in [7, 11) is 1.60. The van der Waals surface area contributed by atoms with Crippen molar-refractivity contribution in [3.05, 3.63) is 51.0 Å². The maximum absolute atomic E-state index is 12.2. The molecule has 98 valence electrons. The molecule has 0 saturated heterocycles. The van der Waals surface area contributed by atoms with Gasteiger partial charge < -0.3 is 0 Å². The van der Waals surface area contributed by atoms with E-state index >= 15 is 0 Å². The smallest absolute Gasteiger partial charge is 0.270 e. The Morgan fingerprint density at radius 3 is 2.79 bits per heavy atom. The Bertz CT molecular complexity index is 639. The van der Waals surface area contributed by atoms with Crippen LogP contribution in [0.5, 0.6) is 0 Å². The summed E-state index contributed by atoms with van der Waals surface area (Å²) in [6.07, 6.45) is 0. The molecule has 0 fully saturated rings. The molecule has 1 aromatic heterocycles. The molecule has 1 heterocycles. The Balaban J connectivity index is 2.29. The Kier molecular flexibility index (Phi) is 3.57. The molecule has 0 radical (unpaired) electrons. The van der Waals surface area contributed by atoms with E-state index in [4.69, 9.17) is 0 Å². The van der Waals surface area contributed by atoms with Gasteiger partial charge in [-0.05, 0) is 13.0 Å². The first-order valence-corrected chi connectivity index (χ1v) is 6.31. The Morgan fingerprint density at radius 2 is 2.21 bits per heavy atom. The minimum Gasteiger partial charge on any atom is -0.287 e. The van der Waals surface area contributed by atoms with Gasteiger partial charge in [0.05, 0.1) is 10.6 Å². The SMILES string of the molecule is Cc1csc(N(C)C(=O)c2cccc([N+](=O)[O-])c2)n1. The van der Waals surface area contributed by atoms with Crippen LogP contribution in [0.4, 0.5) is 10.8 Å². The number of hydrogen-bond donors (Lipinski definition) is 0. The van der Waals surface area contributed by atoms with E-state index in [9.17, 15) is 14.9 Å². The molecular weight excluding hydrogens is 266 g/mol. The normalized spacial score (nSPS) is 10.2. The summed E-state index contributed by atoms with van der Waals surface area (Å²) < 4.78 is 0. The molecule has 2 aromatic rings. The van der Waals surface area contributed by atoms with Crippen LogP contribution in [0.25, 0.3) is 0 Å². The van der Waals surface area contributed by atoms with Crippen LogP contribution in [0.1, 0.15) is 16.1 Å². The van der Waals surface area contributed by atoms with E-state index in [0.717, 1.165) is 5.69 Å². The predicted octanol–water partition coefficient (Wildman–Crippen LogP) is 2.64. The number of hydrogen-bond acceptors (Lipinski definition) is 5. The molecule has 7 heteroatoms. The predicted molar refractivity (Wildman–Crippen MR) is 72.7 cm³/mol. The number of amides is 1. The van der Waals surface area contributed by atoms with Crippen molar-refractivity contribution in [1.82, 2.24) is 4.98 Å². The van der Waals surface area contributed by atoms with E-state index in [1.54, 1.807) is 13.1 Å². The van der Waals surface area contributed by atoms with Gasteiger partial charge in [0.2, 0.25) is 0 Å². The molecule has 0 N–H and O–H groups in total. The maximum atomic E-state index is 12.2. The lowest BCUT2D eigenvalue weighted by Gasteiger charge is -2.13. The summed E-state index contributed by atoms with van der Waals surface area (Å²) in [6, 6.07) is 5.65. The molecule has 0 spiro atoms. The third kappa shape index (κ3) is 2.76. The minimum atomic E-state index is -0.523. The third-order valence-corrected chi connectivity index (χ3v) is 3.54. The van der Waals surface area contributed by atoms with E-state index in [1.807, 2.05) is 12.3 Å². The lowest BCUT2D eigenvalue weighted by atomic mass is 10.2. The second-order valence-electron chi connectivity index (χ2n) is 3.94. The van der Waals surface area contributed by atoms with Gasteiger partial charge >= 0.3 is 0 Å². The molecular formula is C12H11N3O3S. The van der Waals surface area contributed by atoms with E-state index in [0.29, 0.717) is 5.13 Å². The molecule has 0 unspecified atom stereocenters. The zero-order chi connectivity index (χ0) is 14.0. The Labute approximate surface area is 113 Å². The maximum Gasteiger partial charge on any atom is 0.270 e. The summed E-state index contributed by atoms with van der Waals surface area (Å²) in [5.41, 5.74) is 0.998. The van der Waals surface area contributed by atoms with Crippen LogP contribution in [-0.2, 0) is 0 Å². The number of rotatable bonds is 3. The molecule has 0 aliphatic heterocycles. The summed E-state index contributed by atoms with van der Waals surface area (Å²) in [4.78, 5) is 28.0. The summed E-state index contributed by atoms with van der Waals surface area (Å²) in [5, 5.41) is 13.1. The number of aryl methyl sites for hydroxylation is 1. The fourth-order valence-corrected chi connectivity index (χ4v) is 2.30. The second-order valence-corrected chi connectivity index (χ2v) is 4.78. The van der Waals surface area contributed by atoms with Crippen molar-refractivity contribution < 1.29 is 9.72 Å². The quantitative estimate of drug-likeness (QED) is 0.638. The molecule has 0 saturated carbocycles. The molecule has 0 aliphatic rings. The first-order valence-electron chi connectivity index (χ1n) is 5.43. The monoisotopic (exact) mass is 277 g/mol. The van der Waals surface area contributed by atoms with E-state index in [1.165, 1.54) is 34.4 Å². The van der Waals surface area contributed by atoms with Crippen molar-refractivity contribution in [2.24, 2.45) is 0 Å². The molecule has 0 aliphatic carbocycles. The highest BCUT2D eigenvalue weighted by Gasteiger charge is 2.18. The van der Waals surface area contributed by atoms with Crippen LogP contribution < -0.4 is 4.90 Å². The van der Waals surface area contributed by atoms with Gasteiger partial charge in [0.15, 0.2) is 5.13 Å². The molecule has 0 bridgehead atoms. The van der Waals surface area contributed by atoms with Crippen molar-refractivity contribution in [2.75, 3.05) is 11.9 Å². The van der Waals surface area contributed by atoms with Crippen LogP contribution in [0.3, 0.4) is 0 Å². The Hall–Kier alpha value is -2.28. The highest BCUT2D eigenvalue weighted by Crippen LogP contribution is 2.22. The van der Waals surface area contributed by atoms with Crippen molar-refractivity contribution in [3.8, 4) is 0 Å². The first kappa shape index (κ1) is 13.2. The van der Waals surface area contributed by atoms with Gasteiger partial charge in [-0.1, -0.05) is 6.07 Å².